The molecular formula is C31H39F3N4O7. The molecule has 0 saturated carbocycles. The third kappa shape index (κ3) is 13.3. The molecule has 1 atom stereocenters. The zero-order valence-corrected chi connectivity index (χ0v) is 25.6. The predicted molar refractivity (Wildman–Crippen MR) is 160 cm³/mol. The third-order valence-corrected chi connectivity index (χ3v) is 5.73. The van der Waals surface area contributed by atoms with Crippen LogP contribution in [0.2, 0.25) is 0 Å². The molecule has 0 radical (unpaired) electrons. The van der Waals surface area contributed by atoms with Crippen LogP contribution in [0.5, 0.6) is 5.88 Å². The van der Waals surface area contributed by atoms with E-state index in [0.29, 0.717) is 25.3 Å². The van der Waals surface area contributed by atoms with Crippen LogP contribution < -0.4 is 20.9 Å². The number of halogens is 3. The van der Waals surface area contributed by atoms with Crippen LogP contribution in [0.25, 0.3) is 0 Å². The Labute approximate surface area is 259 Å². The maximum Gasteiger partial charge on any atom is 0.421 e. The van der Waals surface area contributed by atoms with Gasteiger partial charge in [-0.2, -0.15) is 13.2 Å². The standard InChI is InChI=1S/C31H39F3N4O7/c1-6-17-43-28-22(31(32,33)34)18-23(35-29(42)45-30(3,4)5)25(36-28)27(41)38-37-26(40)24(16-12-7-9-13-20(2)39)44-19-21-14-10-8-11-15-21/h6,8,10-11,13-15,18,24,39H,1,7,9,12,16-17,19H2,2-5H3,(H,35,42)(H,37,40)(H,38,41)/b20-13+. The zero-order chi connectivity index (χ0) is 33.6. The summed E-state index contributed by atoms with van der Waals surface area (Å²) in [6.07, 6.45) is -2.27. The first kappa shape index (κ1) is 36.6. The van der Waals surface area contributed by atoms with Gasteiger partial charge in [-0.1, -0.05) is 49.4 Å². The molecule has 1 unspecified atom stereocenters. The number of hydrogen-bond donors (Lipinski definition) is 4. The number of ether oxygens (including phenoxy) is 3. The van der Waals surface area contributed by atoms with Crippen LogP contribution in [0.4, 0.5) is 23.7 Å². The van der Waals surface area contributed by atoms with Crippen molar-refractivity contribution in [3.8, 4) is 5.88 Å². The molecule has 0 aliphatic heterocycles. The highest BCUT2D eigenvalue weighted by molar-refractivity contribution is 6.02. The van der Waals surface area contributed by atoms with Gasteiger partial charge in [-0.3, -0.25) is 25.8 Å². The number of amides is 3. The van der Waals surface area contributed by atoms with E-state index in [-0.39, 0.29) is 25.4 Å². The summed E-state index contributed by atoms with van der Waals surface area (Å²) in [5.74, 6) is -2.64. The van der Waals surface area contributed by atoms with Crippen molar-refractivity contribution in [2.75, 3.05) is 11.9 Å². The topological polar surface area (TPSA) is 148 Å². The van der Waals surface area contributed by atoms with E-state index in [9.17, 15) is 32.7 Å². The number of carbonyl (C=O) groups excluding carboxylic acids is 3. The number of rotatable bonds is 14. The fourth-order valence-corrected chi connectivity index (χ4v) is 3.73. The maximum atomic E-state index is 13.8. The molecule has 0 saturated heterocycles. The first-order valence-corrected chi connectivity index (χ1v) is 14.1. The van der Waals surface area contributed by atoms with Gasteiger partial charge in [0.15, 0.2) is 5.69 Å². The molecule has 0 aliphatic rings. The summed E-state index contributed by atoms with van der Waals surface area (Å²) in [4.78, 5) is 42.4. The van der Waals surface area contributed by atoms with Gasteiger partial charge in [-0.25, -0.2) is 9.78 Å². The van der Waals surface area contributed by atoms with Crippen LogP contribution in [0, 0.1) is 0 Å². The number of nitrogens with zero attached hydrogens (tertiary/aromatic N) is 1. The summed E-state index contributed by atoms with van der Waals surface area (Å²) < 4.78 is 57.5. The predicted octanol–water partition coefficient (Wildman–Crippen LogP) is 6.38. The van der Waals surface area contributed by atoms with Gasteiger partial charge in [0.1, 0.15) is 23.9 Å². The number of hydrazine groups is 1. The van der Waals surface area contributed by atoms with Crippen molar-refractivity contribution in [2.24, 2.45) is 0 Å². The molecular weight excluding hydrogens is 597 g/mol. The van der Waals surface area contributed by atoms with Crippen molar-refractivity contribution in [1.29, 1.82) is 0 Å². The van der Waals surface area contributed by atoms with Gasteiger partial charge >= 0.3 is 12.3 Å². The minimum Gasteiger partial charge on any atom is -0.513 e. The molecule has 2 aromatic rings. The van der Waals surface area contributed by atoms with Gasteiger partial charge in [0.05, 0.1) is 18.1 Å². The summed E-state index contributed by atoms with van der Waals surface area (Å²) in [7, 11) is 0. The maximum absolute atomic E-state index is 13.8. The van der Waals surface area contributed by atoms with E-state index >= 15 is 0 Å². The van der Waals surface area contributed by atoms with Gasteiger partial charge in [-0.05, 0) is 64.7 Å². The normalized spacial score (nSPS) is 12.6. The second-order valence-electron chi connectivity index (χ2n) is 10.8. The van der Waals surface area contributed by atoms with Crippen LogP contribution in [0.3, 0.4) is 0 Å². The van der Waals surface area contributed by atoms with E-state index in [1.807, 2.05) is 30.3 Å². The first-order chi connectivity index (χ1) is 21.1. The van der Waals surface area contributed by atoms with E-state index < -0.39 is 58.6 Å². The largest absolute Gasteiger partial charge is 0.513 e. The van der Waals surface area contributed by atoms with Crippen molar-refractivity contribution in [3.05, 3.63) is 77.7 Å². The fourth-order valence-electron chi connectivity index (χ4n) is 3.73. The number of aromatic nitrogens is 1. The van der Waals surface area contributed by atoms with Crippen molar-refractivity contribution in [1.82, 2.24) is 15.8 Å². The van der Waals surface area contributed by atoms with E-state index in [0.717, 1.165) is 5.56 Å². The van der Waals surface area contributed by atoms with Crippen LogP contribution in [0.15, 0.2) is 60.9 Å². The third-order valence-electron chi connectivity index (χ3n) is 5.73. The molecule has 1 aromatic heterocycles. The Kier molecular flexibility index (Phi) is 13.9. The first-order valence-electron chi connectivity index (χ1n) is 14.1. The molecule has 14 heteroatoms. The van der Waals surface area contributed by atoms with Crippen LogP contribution >= 0.6 is 0 Å². The molecule has 4 N–H and O–H groups in total. The average molecular weight is 637 g/mol. The Bertz CT molecular complexity index is 1340. The smallest absolute Gasteiger partial charge is 0.421 e. The van der Waals surface area contributed by atoms with Gasteiger partial charge in [0.2, 0.25) is 5.88 Å². The number of benzene rings is 1. The molecule has 11 nitrogen and oxygen atoms in total. The number of nitrogens with one attached hydrogen (secondary N) is 3. The zero-order valence-electron chi connectivity index (χ0n) is 25.6. The fraction of sp³-hybridized carbons (Fsp3) is 0.419. The van der Waals surface area contributed by atoms with Crippen molar-refractivity contribution >= 4 is 23.6 Å². The SMILES string of the molecule is C=CCOc1nc(C(=O)NNC(=O)C(CCCC/C=C(\C)O)OCc2ccccc2)c(NC(=O)OC(C)(C)C)cc1C(F)(F)F. The number of pyridine rings is 1. The number of allylic oxidation sites excluding steroid dienone is 2. The summed E-state index contributed by atoms with van der Waals surface area (Å²) in [5, 5.41) is 11.5. The highest BCUT2D eigenvalue weighted by atomic mass is 19.4. The molecule has 0 fully saturated rings. The molecule has 246 valence electrons. The van der Waals surface area contributed by atoms with Gasteiger partial charge < -0.3 is 19.3 Å². The van der Waals surface area contributed by atoms with Crippen molar-refractivity contribution in [2.45, 2.75) is 77.9 Å². The number of anilines is 1. The van der Waals surface area contributed by atoms with Crippen LogP contribution in [-0.4, -0.2) is 46.3 Å². The lowest BCUT2D eigenvalue weighted by Crippen LogP contribution is -2.47. The summed E-state index contributed by atoms with van der Waals surface area (Å²) in [6.45, 7) is 9.31. The van der Waals surface area contributed by atoms with Gasteiger partial charge in [0, 0.05) is 0 Å². The number of aliphatic hydroxyl groups is 1. The Morgan fingerprint density at radius 2 is 1.78 bits per heavy atom. The Morgan fingerprint density at radius 3 is 2.38 bits per heavy atom. The molecule has 1 aromatic carbocycles. The Balaban J connectivity index is 2.30. The quantitative estimate of drug-likeness (QED) is 0.0808. The van der Waals surface area contributed by atoms with E-state index in [1.165, 1.54) is 6.08 Å². The second kappa shape index (κ2) is 17.0. The van der Waals surface area contributed by atoms with Crippen LogP contribution in [0.1, 0.15) is 75.0 Å². The lowest BCUT2D eigenvalue weighted by molar-refractivity contribution is -0.139. The summed E-state index contributed by atoms with van der Waals surface area (Å²) in [5.41, 5.74) is 1.45. The summed E-state index contributed by atoms with van der Waals surface area (Å²) >= 11 is 0. The molecule has 2 rings (SSSR count). The number of aliphatic hydroxyl groups excluding tert-OH is 1. The number of unbranched alkanes of at least 4 members (excludes halogenated alkanes) is 2. The number of hydrogen-bond acceptors (Lipinski definition) is 8. The highest BCUT2D eigenvalue weighted by Gasteiger charge is 2.38. The minimum atomic E-state index is -4.97. The minimum absolute atomic E-state index is 0.0942. The molecule has 0 bridgehead atoms. The highest BCUT2D eigenvalue weighted by Crippen LogP contribution is 2.38. The van der Waals surface area contributed by atoms with Crippen molar-refractivity contribution < 1.29 is 46.9 Å². The second-order valence-corrected chi connectivity index (χ2v) is 10.8. The van der Waals surface area contributed by atoms with E-state index in [1.54, 1.807) is 33.8 Å². The molecule has 3 amide bonds. The lowest BCUT2D eigenvalue weighted by Gasteiger charge is -2.22. The van der Waals surface area contributed by atoms with Gasteiger partial charge in [-0.15, -0.1) is 0 Å². The van der Waals surface area contributed by atoms with Gasteiger partial charge in [0.25, 0.3) is 11.8 Å². The van der Waals surface area contributed by atoms with E-state index in [4.69, 9.17) is 14.2 Å². The Hall–Kier alpha value is -4.59. The molecule has 0 spiro atoms. The Morgan fingerprint density at radius 1 is 1.09 bits per heavy atom. The van der Waals surface area contributed by atoms with E-state index in [2.05, 4.69) is 27.7 Å². The average Bonchev–Trinajstić information content (AvgIpc) is 2.95. The van der Waals surface area contributed by atoms with Crippen molar-refractivity contribution in [3.63, 3.8) is 0 Å². The molecule has 1 heterocycles. The number of alkyl halides is 3. The summed E-state index contributed by atoms with van der Waals surface area (Å²) in [6, 6.07) is 9.56. The number of carbonyl (C=O) groups is 3. The lowest BCUT2D eigenvalue weighted by atomic mass is 10.1. The molecule has 0 aliphatic carbocycles. The van der Waals surface area contributed by atoms with Crippen LogP contribution in [-0.2, 0) is 27.1 Å². The monoisotopic (exact) mass is 636 g/mol. The molecule has 45 heavy (non-hydrogen) atoms.